The zero-order valence-electron chi connectivity index (χ0n) is 12.3. The molecule has 0 atom stereocenters. The quantitative estimate of drug-likeness (QED) is 0.742. The highest BCUT2D eigenvalue weighted by atomic mass is 32.2. The molecule has 5 heteroatoms. The highest BCUT2D eigenvalue weighted by molar-refractivity contribution is 7.98. The van der Waals surface area contributed by atoms with Crippen LogP contribution in [0.5, 0.6) is 0 Å². The maximum atomic E-state index is 9.39. The Morgan fingerprint density at radius 3 is 2.75 bits per heavy atom. The highest BCUT2D eigenvalue weighted by Gasteiger charge is 2.31. The summed E-state index contributed by atoms with van der Waals surface area (Å²) in [5.41, 5.74) is 1.05. The van der Waals surface area contributed by atoms with Gasteiger partial charge in [-0.25, -0.2) is 4.98 Å². The van der Waals surface area contributed by atoms with Crippen LogP contribution in [0.2, 0.25) is 0 Å². The number of nitriles is 1. The first-order chi connectivity index (χ1) is 9.65. The van der Waals surface area contributed by atoms with E-state index in [1.165, 1.54) is 9.88 Å². The Morgan fingerprint density at radius 2 is 2.15 bits per heavy atom. The fraction of sp³-hybridized carbons (Fsp3) is 0.733. The van der Waals surface area contributed by atoms with Crippen LogP contribution >= 0.6 is 23.1 Å². The molecule has 0 radical (unpaired) electrons. The van der Waals surface area contributed by atoms with Gasteiger partial charge in [-0.2, -0.15) is 17.0 Å². The fourth-order valence-electron chi connectivity index (χ4n) is 2.45. The molecule has 2 heterocycles. The molecule has 0 N–H and O–H groups in total. The molecule has 0 aliphatic carbocycles. The molecule has 3 nitrogen and oxygen atoms in total. The third-order valence-corrected chi connectivity index (χ3v) is 6.24. The first-order valence-electron chi connectivity index (χ1n) is 7.15. The lowest BCUT2D eigenvalue weighted by atomic mass is 9.78. The van der Waals surface area contributed by atoms with Gasteiger partial charge in [-0.15, -0.1) is 11.3 Å². The van der Waals surface area contributed by atoms with Crippen LogP contribution in [0.25, 0.3) is 0 Å². The zero-order chi connectivity index (χ0) is 14.4. The summed E-state index contributed by atoms with van der Waals surface area (Å²) in [6.45, 7) is 5.70. The molecule has 20 heavy (non-hydrogen) atoms. The maximum Gasteiger partial charge on any atom is 0.103 e. The summed E-state index contributed by atoms with van der Waals surface area (Å²) in [7, 11) is 0. The molecule has 1 aliphatic rings. The predicted molar refractivity (Wildman–Crippen MR) is 85.1 cm³/mol. The molecule has 0 unspecified atom stereocenters. The molecule has 2 rings (SSSR count). The van der Waals surface area contributed by atoms with Crippen molar-refractivity contribution in [2.75, 3.05) is 19.0 Å². The van der Waals surface area contributed by atoms with Crippen molar-refractivity contribution in [1.29, 1.82) is 5.26 Å². The molecule has 1 aromatic rings. The number of nitrogens with zero attached hydrogens (tertiary/aromatic N) is 2. The Bertz CT molecular complexity index is 453. The van der Waals surface area contributed by atoms with Crippen LogP contribution < -0.4 is 0 Å². The van der Waals surface area contributed by atoms with E-state index in [-0.39, 0.29) is 5.41 Å². The third kappa shape index (κ3) is 4.21. The number of hydrogen-bond acceptors (Lipinski definition) is 5. The minimum atomic E-state index is -0.118. The summed E-state index contributed by atoms with van der Waals surface area (Å²) in [6, 6.07) is 2.54. The number of thiazole rings is 1. The van der Waals surface area contributed by atoms with Gasteiger partial charge in [0.25, 0.3) is 0 Å². The minimum absolute atomic E-state index is 0.118. The predicted octanol–water partition coefficient (Wildman–Crippen LogP) is 4.09. The lowest BCUT2D eigenvalue weighted by Gasteiger charge is -2.30. The lowest BCUT2D eigenvalue weighted by molar-refractivity contribution is 0.0368. The van der Waals surface area contributed by atoms with Crippen molar-refractivity contribution in [3.8, 4) is 6.07 Å². The van der Waals surface area contributed by atoms with E-state index in [2.05, 4.69) is 24.9 Å². The summed E-state index contributed by atoms with van der Waals surface area (Å²) in [5, 5.41) is 10.6. The molecule has 0 spiro atoms. The number of ether oxygens (including phenoxy) is 1. The van der Waals surface area contributed by atoms with Gasteiger partial charge in [0.1, 0.15) is 5.01 Å². The van der Waals surface area contributed by atoms with E-state index in [4.69, 9.17) is 4.74 Å². The normalized spacial score (nSPS) is 17.9. The molecule has 1 aromatic heterocycles. The summed E-state index contributed by atoms with van der Waals surface area (Å²) in [5.74, 6) is 2.12. The molecule has 1 aliphatic heterocycles. The van der Waals surface area contributed by atoms with Crippen LogP contribution in [0, 0.1) is 30.6 Å². The standard InChI is InChI=1S/C15H22N2OS2/c1-12-13(2)20-14(17-12)10-19-9-3-4-15(11-16)5-7-18-8-6-15/h3-10H2,1-2H3. The molecule has 0 saturated carbocycles. The van der Waals surface area contributed by atoms with Crippen molar-refractivity contribution in [1.82, 2.24) is 4.98 Å². The molecule has 0 bridgehead atoms. The molecule has 1 saturated heterocycles. The summed E-state index contributed by atoms with van der Waals surface area (Å²) in [6.07, 6.45) is 3.93. The molecule has 110 valence electrons. The van der Waals surface area contributed by atoms with E-state index in [0.717, 1.165) is 56.1 Å². The van der Waals surface area contributed by atoms with Crippen molar-refractivity contribution < 1.29 is 4.74 Å². The number of aromatic nitrogens is 1. The van der Waals surface area contributed by atoms with Gasteiger partial charge in [-0.1, -0.05) is 0 Å². The number of thioether (sulfide) groups is 1. The van der Waals surface area contributed by atoms with Crippen LogP contribution in [-0.2, 0) is 10.5 Å². The smallest absolute Gasteiger partial charge is 0.103 e. The Kier molecular flexibility index (Phi) is 5.88. The largest absolute Gasteiger partial charge is 0.381 e. The van der Waals surface area contributed by atoms with Crippen molar-refractivity contribution in [3.63, 3.8) is 0 Å². The van der Waals surface area contributed by atoms with Crippen LogP contribution in [0.4, 0.5) is 0 Å². The summed E-state index contributed by atoms with van der Waals surface area (Å²) >= 11 is 3.74. The number of aryl methyl sites for hydroxylation is 2. The van der Waals surface area contributed by atoms with E-state index in [1.807, 2.05) is 11.8 Å². The Morgan fingerprint density at radius 1 is 1.40 bits per heavy atom. The van der Waals surface area contributed by atoms with Gasteiger partial charge in [0.2, 0.25) is 0 Å². The first-order valence-corrected chi connectivity index (χ1v) is 9.12. The van der Waals surface area contributed by atoms with Gasteiger partial charge in [-0.3, -0.25) is 0 Å². The second kappa shape index (κ2) is 7.44. The monoisotopic (exact) mass is 310 g/mol. The van der Waals surface area contributed by atoms with Crippen molar-refractivity contribution in [3.05, 3.63) is 15.6 Å². The van der Waals surface area contributed by atoms with E-state index in [1.54, 1.807) is 11.3 Å². The molecule has 1 fully saturated rings. The second-order valence-electron chi connectivity index (χ2n) is 5.41. The minimum Gasteiger partial charge on any atom is -0.381 e. The average Bonchev–Trinajstić information content (AvgIpc) is 2.78. The third-order valence-electron chi connectivity index (χ3n) is 3.93. The van der Waals surface area contributed by atoms with E-state index in [0.29, 0.717) is 0 Å². The number of rotatable bonds is 6. The highest BCUT2D eigenvalue weighted by Crippen LogP contribution is 2.35. The van der Waals surface area contributed by atoms with Gasteiger partial charge in [0.05, 0.1) is 17.2 Å². The van der Waals surface area contributed by atoms with Gasteiger partial charge in [-0.05, 0) is 45.3 Å². The Hall–Kier alpha value is -0.570. The first kappa shape index (κ1) is 15.8. The van der Waals surface area contributed by atoms with Crippen LogP contribution in [-0.4, -0.2) is 24.0 Å². The fourth-order valence-corrected chi connectivity index (χ4v) is 4.40. The number of hydrogen-bond donors (Lipinski definition) is 0. The topological polar surface area (TPSA) is 45.9 Å². The lowest BCUT2D eigenvalue weighted by Crippen LogP contribution is -2.28. The van der Waals surface area contributed by atoms with Gasteiger partial charge in [0.15, 0.2) is 0 Å². The summed E-state index contributed by atoms with van der Waals surface area (Å²) < 4.78 is 5.36. The van der Waals surface area contributed by atoms with Crippen LogP contribution in [0.15, 0.2) is 0 Å². The van der Waals surface area contributed by atoms with Crippen molar-refractivity contribution in [2.24, 2.45) is 5.41 Å². The average molecular weight is 310 g/mol. The molecule has 0 aromatic carbocycles. The Balaban J connectivity index is 1.67. The Labute approximate surface area is 129 Å². The maximum absolute atomic E-state index is 9.39. The van der Waals surface area contributed by atoms with Crippen molar-refractivity contribution in [2.45, 2.75) is 45.3 Å². The molecule has 0 amide bonds. The van der Waals surface area contributed by atoms with E-state index in [9.17, 15) is 5.26 Å². The van der Waals surface area contributed by atoms with E-state index >= 15 is 0 Å². The molecular formula is C15H22N2OS2. The van der Waals surface area contributed by atoms with E-state index < -0.39 is 0 Å². The zero-order valence-corrected chi connectivity index (χ0v) is 13.9. The summed E-state index contributed by atoms with van der Waals surface area (Å²) in [4.78, 5) is 5.88. The van der Waals surface area contributed by atoms with Crippen molar-refractivity contribution >= 4 is 23.1 Å². The van der Waals surface area contributed by atoms with Gasteiger partial charge >= 0.3 is 0 Å². The van der Waals surface area contributed by atoms with Gasteiger partial charge < -0.3 is 4.74 Å². The van der Waals surface area contributed by atoms with Crippen LogP contribution in [0.3, 0.4) is 0 Å². The molecular weight excluding hydrogens is 288 g/mol. The second-order valence-corrected chi connectivity index (χ2v) is 7.80. The van der Waals surface area contributed by atoms with Gasteiger partial charge in [0, 0.05) is 23.8 Å². The SMILES string of the molecule is Cc1nc(CSCCCC2(C#N)CCOCC2)sc1C. The van der Waals surface area contributed by atoms with Crippen LogP contribution in [0.1, 0.15) is 41.3 Å².